The van der Waals surface area contributed by atoms with Gasteiger partial charge in [-0.05, 0) is 49.7 Å². The number of fused-ring (bicyclic) bond motifs is 3. The molecule has 0 radical (unpaired) electrons. The number of ketones is 3. The van der Waals surface area contributed by atoms with Crippen molar-refractivity contribution in [3.8, 4) is 17.2 Å². The first kappa shape index (κ1) is 31.0. The number of allylic oxidation sites excluding steroid dienone is 2. The topological polar surface area (TPSA) is 165 Å². The molecule has 1 heterocycles. The van der Waals surface area contributed by atoms with Crippen LogP contribution in [0.2, 0.25) is 10.0 Å². The van der Waals surface area contributed by atoms with E-state index in [0.29, 0.717) is 5.56 Å². The van der Waals surface area contributed by atoms with Crippen LogP contribution in [-0.2, 0) is 36.4 Å². The van der Waals surface area contributed by atoms with Crippen LogP contribution < -0.4 is 19.5 Å². The highest BCUT2D eigenvalue weighted by atomic mass is 35.5. The first-order chi connectivity index (χ1) is 20.7. The van der Waals surface area contributed by atoms with E-state index < -0.39 is 50.4 Å². The number of benzene rings is 3. The maximum absolute atomic E-state index is 13.5. The zero-order valence-electron chi connectivity index (χ0n) is 23.4. The van der Waals surface area contributed by atoms with Gasteiger partial charge in [0, 0.05) is 29.4 Å². The molecule has 0 aromatic heterocycles. The van der Waals surface area contributed by atoms with Gasteiger partial charge in [-0.3, -0.25) is 23.9 Å². The third-order valence-electron chi connectivity index (χ3n) is 7.44. The van der Waals surface area contributed by atoms with Crippen LogP contribution in [0.5, 0.6) is 17.2 Å². The van der Waals surface area contributed by atoms with Crippen molar-refractivity contribution in [1.82, 2.24) is 5.32 Å². The Morgan fingerprint density at radius 3 is 2.39 bits per heavy atom. The van der Waals surface area contributed by atoms with E-state index in [2.05, 4.69) is 10.0 Å². The lowest BCUT2D eigenvalue weighted by atomic mass is 9.67. The smallest absolute Gasteiger partial charge is 0.263 e. The van der Waals surface area contributed by atoms with Gasteiger partial charge in [-0.15, -0.1) is 0 Å². The zero-order valence-corrected chi connectivity index (χ0v) is 25.7. The number of amides is 1. The number of carbonyl (C=O) groups is 4. The molecule has 3 N–H and O–H groups in total. The molecule has 2 atom stereocenters. The molecule has 5 rings (SSSR count). The van der Waals surface area contributed by atoms with Gasteiger partial charge in [0.1, 0.15) is 44.8 Å². The Bertz CT molecular complexity index is 1910. The van der Waals surface area contributed by atoms with Crippen molar-refractivity contribution in [2.75, 3.05) is 11.8 Å². The lowest BCUT2D eigenvalue weighted by Gasteiger charge is -2.30. The second-order valence-electron chi connectivity index (χ2n) is 10.3. The molecule has 0 bridgehead atoms. The first-order valence-corrected chi connectivity index (χ1v) is 15.2. The Morgan fingerprint density at radius 2 is 1.77 bits per heavy atom. The van der Waals surface area contributed by atoms with Crippen molar-refractivity contribution in [2.24, 2.45) is 5.92 Å². The molecule has 0 spiro atoms. The van der Waals surface area contributed by atoms with Gasteiger partial charge in [-0.1, -0.05) is 35.3 Å². The predicted molar refractivity (Wildman–Crippen MR) is 160 cm³/mol. The number of halogens is 2. The molecule has 1 unspecified atom stereocenters. The summed E-state index contributed by atoms with van der Waals surface area (Å²) in [6, 6.07) is 11.3. The number of aromatic hydroxyl groups is 1. The number of anilines is 1. The van der Waals surface area contributed by atoms with Crippen molar-refractivity contribution in [2.45, 2.75) is 30.7 Å². The normalized spacial score (nSPS) is 18.9. The molecular formula is C30H24Cl2N2O9S. The number of phenolic OH excluding ortho intramolecular Hbond substituents is 1. The van der Waals surface area contributed by atoms with Gasteiger partial charge in [0.2, 0.25) is 0 Å². The van der Waals surface area contributed by atoms with Gasteiger partial charge >= 0.3 is 0 Å². The van der Waals surface area contributed by atoms with E-state index in [-0.39, 0.29) is 55.6 Å². The van der Waals surface area contributed by atoms with Crippen LogP contribution >= 0.6 is 23.2 Å². The summed E-state index contributed by atoms with van der Waals surface area (Å²) >= 11 is 11.9. The minimum absolute atomic E-state index is 0.0164. The number of rotatable bonds is 8. The van der Waals surface area contributed by atoms with Gasteiger partial charge in [0.05, 0.1) is 17.7 Å². The number of phenols is 1. The van der Waals surface area contributed by atoms with E-state index in [9.17, 15) is 32.7 Å². The molecule has 1 aliphatic carbocycles. The number of methoxy groups -OCH3 is 1. The number of hydrogen-bond acceptors (Lipinski definition) is 9. The second-order valence-corrected chi connectivity index (χ2v) is 12.8. The highest BCUT2D eigenvalue weighted by molar-refractivity contribution is 7.92. The first-order valence-electron chi connectivity index (χ1n) is 13.0. The van der Waals surface area contributed by atoms with E-state index in [1.165, 1.54) is 44.4 Å². The van der Waals surface area contributed by atoms with Crippen molar-refractivity contribution in [3.05, 3.63) is 87.1 Å². The van der Waals surface area contributed by atoms with Crippen LogP contribution in [0, 0.1) is 5.92 Å². The molecule has 228 valence electrons. The maximum Gasteiger partial charge on any atom is 0.263 e. The summed E-state index contributed by atoms with van der Waals surface area (Å²) in [6.07, 6.45) is 1.04. The number of nitrogens with one attached hydrogen (secondary N) is 2. The summed E-state index contributed by atoms with van der Waals surface area (Å²) in [7, 11) is -2.73. The van der Waals surface area contributed by atoms with Crippen molar-refractivity contribution < 1.29 is 42.2 Å². The summed E-state index contributed by atoms with van der Waals surface area (Å²) in [5, 5.41) is 13.8. The third-order valence-corrected chi connectivity index (χ3v) is 9.54. The quantitative estimate of drug-likeness (QED) is 0.299. The largest absolute Gasteiger partial charge is 0.507 e. The Kier molecular flexibility index (Phi) is 7.95. The van der Waals surface area contributed by atoms with Crippen LogP contribution in [0.1, 0.15) is 35.3 Å². The van der Waals surface area contributed by atoms with Gasteiger partial charge in [-0.2, -0.15) is 0 Å². The van der Waals surface area contributed by atoms with Gasteiger partial charge in [0.25, 0.3) is 15.9 Å². The Labute approximate surface area is 261 Å². The summed E-state index contributed by atoms with van der Waals surface area (Å²) in [4.78, 5) is 51.4. The van der Waals surface area contributed by atoms with E-state index in [1.54, 1.807) is 12.1 Å². The minimum Gasteiger partial charge on any atom is -0.507 e. The van der Waals surface area contributed by atoms with Gasteiger partial charge < -0.3 is 19.9 Å². The van der Waals surface area contributed by atoms with Crippen LogP contribution in [0.15, 0.2) is 65.3 Å². The van der Waals surface area contributed by atoms with E-state index >= 15 is 0 Å². The number of Topliss-reactive ketones (excluding diaryl/α,β-unsaturated/α-hetero) is 2. The number of sulfonamides is 1. The average molecular weight is 660 g/mol. The molecular weight excluding hydrogens is 635 g/mol. The van der Waals surface area contributed by atoms with Crippen molar-refractivity contribution in [3.63, 3.8) is 0 Å². The van der Waals surface area contributed by atoms with Crippen molar-refractivity contribution in [1.29, 1.82) is 0 Å². The molecule has 0 saturated heterocycles. The molecule has 1 amide bonds. The predicted octanol–water partition coefficient (Wildman–Crippen LogP) is 4.33. The Hall–Kier alpha value is -4.39. The summed E-state index contributed by atoms with van der Waals surface area (Å²) in [5.41, 5.74) is -1.06. The fraction of sp³-hybridized carbons (Fsp3) is 0.200. The fourth-order valence-electron chi connectivity index (χ4n) is 5.22. The number of ether oxygens (including phenoxy) is 2. The van der Waals surface area contributed by atoms with Crippen molar-refractivity contribution >= 4 is 62.2 Å². The molecule has 3 aromatic carbocycles. The van der Waals surface area contributed by atoms with E-state index in [1.807, 2.05) is 0 Å². The maximum atomic E-state index is 13.5. The molecule has 44 heavy (non-hydrogen) atoms. The van der Waals surface area contributed by atoms with E-state index in [0.717, 1.165) is 19.1 Å². The molecule has 2 aliphatic rings. The summed E-state index contributed by atoms with van der Waals surface area (Å²) in [5.74, 6) is -5.19. The van der Waals surface area contributed by atoms with Gasteiger partial charge in [0.15, 0.2) is 17.3 Å². The highest BCUT2D eigenvalue weighted by Gasteiger charge is 2.58. The van der Waals surface area contributed by atoms with Crippen LogP contribution in [0.4, 0.5) is 5.69 Å². The van der Waals surface area contributed by atoms with Crippen LogP contribution in [-0.4, -0.2) is 43.9 Å². The summed E-state index contributed by atoms with van der Waals surface area (Å²) < 4.78 is 39.2. The minimum atomic E-state index is -4.01. The lowest BCUT2D eigenvalue weighted by Crippen LogP contribution is -2.47. The molecule has 11 nitrogen and oxygen atoms in total. The molecule has 3 aromatic rings. The number of carbonyl (C=O) groups excluding carboxylic acids is 4. The number of hydrogen-bond donors (Lipinski definition) is 3. The highest BCUT2D eigenvalue weighted by Crippen LogP contribution is 2.56. The fourth-order valence-corrected chi connectivity index (χ4v) is 7.05. The second kappa shape index (κ2) is 11.3. The Morgan fingerprint density at radius 1 is 1.09 bits per heavy atom. The van der Waals surface area contributed by atoms with Gasteiger partial charge in [-0.25, -0.2) is 8.42 Å². The standard InChI is InChI=1S/C30H24Cl2N2O9S/c1-14(35)24-19(36)12-23-30(2,28(24)38)26-20(37)11-21(42-3)25(27(26)43-23)29(39)33-13-15-4-7-17(8-5-15)34-44(40,41)22-9-6-16(31)10-18(22)32/h4-12,24,34,37H,13H2,1-3H3,(H,33,39)/t24?,30-/m1/s1. The molecule has 1 aliphatic heterocycles. The van der Waals surface area contributed by atoms with Crippen LogP contribution in [0.3, 0.4) is 0 Å². The SMILES string of the molecule is COc1cc(O)c2c(c1C(=O)NCc1ccc(NS(=O)(=O)c3ccc(Cl)cc3Cl)cc1)OC1=CC(=O)C(C(C)=O)C(=O)[C@]12C. The zero-order chi connectivity index (χ0) is 32.1. The third kappa shape index (κ3) is 5.18. The van der Waals surface area contributed by atoms with E-state index in [4.69, 9.17) is 32.7 Å². The molecule has 0 fully saturated rings. The lowest BCUT2D eigenvalue weighted by molar-refractivity contribution is -0.140. The Balaban J connectivity index is 1.38. The molecule has 0 saturated carbocycles. The average Bonchev–Trinajstić information content (AvgIpc) is 3.25. The monoisotopic (exact) mass is 658 g/mol. The van der Waals surface area contributed by atoms with Crippen LogP contribution in [0.25, 0.3) is 0 Å². The molecule has 14 heteroatoms. The summed E-state index contributed by atoms with van der Waals surface area (Å²) in [6.45, 7) is 2.53.